The minimum absolute atomic E-state index is 0.0323. The molecule has 0 fully saturated rings. The summed E-state index contributed by atoms with van der Waals surface area (Å²) in [6.45, 7) is 0.828. The van der Waals surface area contributed by atoms with Crippen LogP contribution in [-0.4, -0.2) is 48.8 Å². The van der Waals surface area contributed by atoms with Gasteiger partial charge in [-0.05, 0) is 48.7 Å². The summed E-state index contributed by atoms with van der Waals surface area (Å²) in [5, 5.41) is 16.4. The largest absolute Gasteiger partial charge is 0.481 e. The fraction of sp³-hybridized carbons (Fsp3) is 0.296. The number of halogens is 7. The first-order valence-electron chi connectivity index (χ1n) is 12.6. The molecule has 16 heteroatoms. The molecule has 0 spiro atoms. The summed E-state index contributed by atoms with van der Waals surface area (Å²) in [5.74, 6) is -6.49. The zero-order chi connectivity index (χ0) is 31.5. The predicted octanol–water partition coefficient (Wildman–Crippen LogP) is 6.35. The van der Waals surface area contributed by atoms with Gasteiger partial charge in [-0.1, -0.05) is 39.7 Å². The van der Waals surface area contributed by atoms with Crippen molar-refractivity contribution in [3.63, 3.8) is 0 Å². The van der Waals surface area contributed by atoms with E-state index in [1.807, 2.05) is 0 Å². The molecule has 2 aromatic heterocycles. The molecule has 2 aromatic carbocycles. The summed E-state index contributed by atoms with van der Waals surface area (Å²) in [6.07, 6.45) is -7.10. The molecule has 0 saturated carbocycles. The van der Waals surface area contributed by atoms with Crippen LogP contribution in [0.25, 0.3) is 22.4 Å². The number of aryl methyl sites for hydroxylation is 2. The zero-order valence-corrected chi connectivity index (χ0v) is 24.4. The van der Waals surface area contributed by atoms with Crippen LogP contribution in [-0.2, 0) is 28.0 Å². The number of hydrogen-bond donors (Lipinski definition) is 3. The number of aliphatic carboxylic acids is 1. The van der Waals surface area contributed by atoms with Crippen LogP contribution in [0, 0.1) is 0 Å². The molecule has 1 amide bonds. The van der Waals surface area contributed by atoms with Crippen molar-refractivity contribution in [3.8, 4) is 11.5 Å². The van der Waals surface area contributed by atoms with Crippen LogP contribution in [0.1, 0.15) is 36.5 Å². The Labute approximate surface area is 253 Å². The molecular weight excluding hydrogens is 667 g/mol. The third-order valence-electron chi connectivity index (χ3n) is 7.34. The second-order valence-corrected chi connectivity index (χ2v) is 11.4. The molecule has 4 N–H and O–H groups in total. The van der Waals surface area contributed by atoms with Crippen molar-refractivity contribution in [1.29, 1.82) is 0 Å². The standard InChI is InChI=1S/C27H21BrClF5N6O3/c1-25(13-4-2-12(16(28)10-13)3-7-18(41)42)19-21(35)36-23(37-22(19)38-24(25)43)20-15-6-5-14(29)11-17(15)40(39-20)9-8-26(30,31)27(32,33)34/h2,4-6,10-11H,3,7-9H2,1H3,(H,41,42)(H3,35,36,37,38,43). The summed E-state index contributed by atoms with van der Waals surface area (Å²) in [4.78, 5) is 33.1. The maximum atomic E-state index is 13.7. The normalized spacial score (nSPS) is 16.9. The first-order chi connectivity index (χ1) is 20.0. The molecule has 3 heterocycles. The van der Waals surface area contributed by atoms with Crippen LogP contribution in [0.2, 0.25) is 5.02 Å². The Hall–Kier alpha value is -3.85. The molecule has 5 rings (SSSR count). The van der Waals surface area contributed by atoms with E-state index < -0.39 is 42.4 Å². The summed E-state index contributed by atoms with van der Waals surface area (Å²) in [6, 6.07) is 9.42. The van der Waals surface area contributed by atoms with Gasteiger partial charge in [-0.3, -0.25) is 14.3 Å². The Morgan fingerprint density at radius 1 is 1.16 bits per heavy atom. The number of anilines is 2. The van der Waals surface area contributed by atoms with Gasteiger partial charge in [0.2, 0.25) is 5.91 Å². The number of rotatable bonds is 8. The van der Waals surface area contributed by atoms with E-state index in [-0.39, 0.29) is 52.1 Å². The predicted molar refractivity (Wildman–Crippen MR) is 151 cm³/mol. The quantitative estimate of drug-likeness (QED) is 0.184. The van der Waals surface area contributed by atoms with E-state index in [0.29, 0.717) is 15.4 Å². The molecule has 9 nitrogen and oxygen atoms in total. The van der Waals surface area contributed by atoms with Gasteiger partial charge in [0.1, 0.15) is 22.7 Å². The van der Waals surface area contributed by atoms with E-state index in [0.717, 1.165) is 10.2 Å². The number of nitrogen functional groups attached to an aromatic ring is 1. The molecule has 0 saturated heterocycles. The smallest absolute Gasteiger partial charge is 0.453 e. The van der Waals surface area contributed by atoms with Crippen molar-refractivity contribution in [2.75, 3.05) is 11.1 Å². The SMILES string of the molecule is CC1(c2ccc(CCC(=O)O)c(Br)c2)C(=O)Nc2nc(-c3nn(CCC(F)(F)C(F)(F)F)c4cc(Cl)ccc34)nc(N)c21. The number of carbonyl (C=O) groups excluding carboxylic acids is 1. The minimum atomic E-state index is -5.73. The van der Waals surface area contributed by atoms with Crippen LogP contribution < -0.4 is 11.1 Å². The molecule has 1 aliphatic heterocycles. The van der Waals surface area contributed by atoms with Gasteiger partial charge >= 0.3 is 18.1 Å². The Morgan fingerprint density at radius 3 is 2.53 bits per heavy atom. The highest BCUT2D eigenvalue weighted by atomic mass is 79.9. The third kappa shape index (κ3) is 5.39. The number of nitrogens with one attached hydrogen (secondary N) is 1. The number of carboxylic acids is 1. The Kier molecular flexibility index (Phi) is 7.61. The number of alkyl halides is 5. The van der Waals surface area contributed by atoms with Crippen molar-refractivity contribution in [3.05, 3.63) is 62.6 Å². The van der Waals surface area contributed by atoms with Gasteiger partial charge in [0.25, 0.3) is 0 Å². The lowest BCUT2D eigenvalue weighted by Crippen LogP contribution is -2.37. The third-order valence-corrected chi connectivity index (χ3v) is 8.31. The van der Waals surface area contributed by atoms with E-state index in [1.54, 1.807) is 25.1 Å². The van der Waals surface area contributed by atoms with Gasteiger partial charge in [0.15, 0.2) is 5.82 Å². The number of fused-ring (bicyclic) bond motifs is 2. The molecule has 1 aliphatic rings. The lowest BCUT2D eigenvalue weighted by Gasteiger charge is -2.24. The number of carbonyl (C=O) groups is 2. The number of nitrogens with zero attached hydrogens (tertiary/aromatic N) is 4. The van der Waals surface area contributed by atoms with Gasteiger partial charge < -0.3 is 16.2 Å². The number of carboxylic acid groups (broad SMARTS) is 1. The average molecular weight is 688 g/mol. The van der Waals surface area contributed by atoms with Crippen LogP contribution in [0.4, 0.5) is 33.6 Å². The monoisotopic (exact) mass is 686 g/mol. The van der Waals surface area contributed by atoms with E-state index in [2.05, 4.69) is 36.3 Å². The lowest BCUT2D eigenvalue weighted by atomic mass is 9.77. The molecule has 0 radical (unpaired) electrons. The van der Waals surface area contributed by atoms with Crippen LogP contribution in [0.5, 0.6) is 0 Å². The second kappa shape index (κ2) is 10.7. The molecule has 4 aromatic rings. The van der Waals surface area contributed by atoms with E-state index in [1.165, 1.54) is 18.2 Å². The number of benzene rings is 2. The molecule has 226 valence electrons. The van der Waals surface area contributed by atoms with E-state index >= 15 is 0 Å². The zero-order valence-electron chi connectivity index (χ0n) is 22.1. The summed E-state index contributed by atoms with van der Waals surface area (Å²) in [5.41, 5.74) is 6.75. The van der Waals surface area contributed by atoms with Crippen LogP contribution in [0.15, 0.2) is 40.9 Å². The van der Waals surface area contributed by atoms with Gasteiger partial charge in [0.05, 0.1) is 11.1 Å². The maximum Gasteiger partial charge on any atom is 0.453 e. The summed E-state index contributed by atoms with van der Waals surface area (Å²) < 4.78 is 67.3. The lowest BCUT2D eigenvalue weighted by molar-refractivity contribution is -0.285. The Morgan fingerprint density at radius 2 is 1.88 bits per heavy atom. The van der Waals surface area contributed by atoms with Crippen molar-refractivity contribution in [2.45, 2.75) is 50.2 Å². The van der Waals surface area contributed by atoms with Crippen molar-refractivity contribution in [2.24, 2.45) is 0 Å². The topological polar surface area (TPSA) is 136 Å². The summed E-state index contributed by atoms with van der Waals surface area (Å²) >= 11 is 9.51. The number of nitrogens with two attached hydrogens (primary N) is 1. The maximum absolute atomic E-state index is 13.7. The van der Waals surface area contributed by atoms with Crippen molar-refractivity contribution in [1.82, 2.24) is 19.7 Å². The molecular formula is C27H21BrClF5N6O3. The van der Waals surface area contributed by atoms with Gasteiger partial charge in [-0.2, -0.15) is 27.1 Å². The number of hydrogen-bond acceptors (Lipinski definition) is 6. The van der Waals surface area contributed by atoms with Gasteiger partial charge in [-0.25, -0.2) is 9.97 Å². The molecule has 43 heavy (non-hydrogen) atoms. The highest BCUT2D eigenvalue weighted by Gasteiger charge is 2.56. The molecule has 1 unspecified atom stereocenters. The highest BCUT2D eigenvalue weighted by molar-refractivity contribution is 9.10. The highest BCUT2D eigenvalue weighted by Crippen LogP contribution is 2.46. The number of aromatic nitrogens is 4. The second-order valence-electron chi connectivity index (χ2n) is 10.1. The minimum Gasteiger partial charge on any atom is -0.481 e. The number of amides is 1. The molecule has 0 aliphatic carbocycles. The van der Waals surface area contributed by atoms with E-state index in [4.69, 9.17) is 22.4 Å². The fourth-order valence-electron chi connectivity index (χ4n) is 4.96. The fourth-order valence-corrected chi connectivity index (χ4v) is 5.71. The average Bonchev–Trinajstić information content (AvgIpc) is 3.40. The first kappa shape index (κ1) is 30.6. The summed E-state index contributed by atoms with van der Waals surface area (Å²) in [7, 11) is 0. The van der Waals surface area contributed by atoms with Crippen molar-refractivity contribution < 1.29 is 36.6 Å². The van der Waals surface area contributed by atoms with E-state index in [9.17, 15) is 31.5 Å². The Bertz CT molecular complexity index is 1800. The Balaban J connectivity index is 1.55. The van der Waals surface area contributed by atoms with Crippen LogP contribution in [0.3, 0.4) is 0 Å². The van der Waals surface area contributed by atoms with Gasteiger partial charge in [0, 0.05) is 34.3 Å². The molecule has 0 bridgehead atoms. The first-order valence-corrected chi connectivity index (χ1v) is 13.8. The molecule has 1 atom stereocenters. The van der Waals surface area contributed by atoms with Crippen molar-refractivity contribution >= 4 is 61.9 Å². The van der Waals surface area contributed by atoms with Gasteiger partial charge in [-0.15, -0.1) is 0 Å². The van der Waals surface area contributed by atoms with Crippen LogP contribution >= 0.6 is 27.5 Å².